The minimum atomic E-state index is -1.75. The van der Waals surface area contributed by atoms with Crippen LogP contribution in [-0.4, -0.2) is 151 Å². The van der Waals surface area contributed by atoms with Gasteiger partial charge < -0.3 is 70.0 Å². The second-order valence-electron chi connectivity index (χ2n) is 19.9. The minimum absolute atomic E-state index is 0.00480. The molecule has 0 aromatic carbocycles. The summed E-state index contributed by atoms with van der Waals surface area (Å²) in [4.78, 5) is 0. The van der Waals surface area contributed by atoms with Gasteiger partial charge in [-0.25, -0.2) is 0 Å². The number of allylic oxidation sites excluding steroid dienone is 1. The maximum absolute atomic E-state index is 12.2. The van der Waals surface area contributed by atoms with Crippen molar-refractivity contribution in [3.05, 3.63) is 11.6 Å². The average molecular weight is 801 g/mol. The van der Waals surface area contributed by atoms with Gasteiger partial charge in [-0.1, -0.05) is 46.3 Å². The Morgan fingerprint density at radius 1 is 0.661 bits per heavy atom. The van der Waals surface area contributed by atoms with Crippen molar-refractivity contribution in [1.82, 2.24) is 0 Å². The zero-order valence-electron chi connectivity index (χ0n) is 34.2. The summed E-state index contributed by atoms with van der Waals surface area (Å²) in [5, 5.41) is 106. The number of ether oxygens (including phenoxy) is 4. The highest BCUT2D eigenvalue weighted by molar-refractivity contribution is 5.18. The molecule has 0 spiro atoms. The van der Waals surface area contributed by atoms with E-state index >= 15 is 0 Å². The molecule has 4 aliphatic carbocycles. The summed E-state index contributed by atoms with van der Waals surface area (Å²) in [5.74, 6) is 0.671. The molecular formula is C42H72O14. The molecule has 2 aliphatic heterocycles. The van der Waals surface area contributed by atoms with Crippen LogP contribution in [-0.2, 0) is 18.9 Å². The maximum atomic E-state index is 12.2. The molecule has 0 aromatic heterocycles. The monoisotopic (exact) mass is 800 g/mol. The van der Waals surface area contributed by atoms with Gasteiger partial charge in [0.15, 0.2) is 12.6 Å². The topological polar surface area (TPSA) is 239 Å². The van der Waals surface area contributed by atoms with Gasteiger partial charge in [-0.05, 0) is 111 Å². The van der Waals surface area contributed by atoms with Crippen LogP contribution in [0.3, 0.4) is 0 Å². The third-order valence-electron chi connectivity index (χ3n) is 17.0. The Kier molecular flexibility index (Phi) is 13.2. The molecular weight excluding hydrogens is 728 g/mol. The Morgan fingerprint density at radius 2 is 1.30 bits per heavy atom. The van der Waals surface area contributed by atoms with Gasteiger partial charge in [-0.2, -0.15) is 0 Å². The first-order chi connectivity index (χ1) is 26.3. The number of hydrogen-bond donors (Lipinski definition) is 10. The van der Waals surface area contributed by atoms with E-state index in [2.05, 4.69) is 34.6 Å². The maximum Gasteiger partial charge on any atom is 0.187 e. The molecule has 19 unspecified atom stereocenters. The molecule has 2 heterocycles. The molecule has 0 amide bonds. The number of aliphatic hydroxyl groups is 10. The van der Waals surface area contributed by atoms with Gasteiger partial charge >= 0.3 is 0 Å². The van der Waals surface area contributed by atoms with Crippen molar-refractivity contribution in [2.75, 3.05) is 26.4 Å². The van der Waals surface area contributed by atoms with Crippen molar-refractivity contribution in [2.45, 2.75) is 179 Å². The van der Waals surface area contributed by atoms with Crippen LogP contribution < -0.4 is 0 Å². The van der Waals surface area contributed by atoms with Gasteiger partial charge in [0.25, 0.3) is 0 Å². The van der Waals surface area contributed by atoms with Gasteiger partial charge in [0.2, 0.25) is 0 Å². The minimum Gasteiger partial charge on any atom is -0.396 e. The van der Waals surface area contributed by atoms with Crippen LogP contribution in [0.25, 0.3) is 0 Å². The summed E-state index contributed by atoms with van der Waals surface area (Å²) in [7, 11) is 0. The first-order valence-corrected chi connectivity index (χ1v) is 21.1. The summed E-state index contributed by atoms with van der Waals surface area (Å²) in [6.45, 7) is 12.2. The normalized spacial score (nSPS) is 52.1. The van der Waals surface area contributed by atoms with Crippen LogP contribution in [0.4, 0.5) is 0 Å². The summed E-state index contributed by atoms with van der Waals surface area (Å²) in [5.41, 5.74) is -0.313. The van der Waals surface area contributed by atoms with E-state index in [1.807, 2.05) is 13.0 Å². The quantitative estimate of drug-likeness (QED) is 0.104. The van der Waals surface area contributed by atoms with Crippen LogP contribution in [0.1, 0.15) is 106 Å². The molecule has 2 saturated heterocycles. The van der Waals surface area contributed by atoms with Crippen molar-refractivity contribution in [2.24, 2.45) is 44.8 Å². The van der Waals surface area contributed by atoms with Gasteiger partial charge in [0, 0.05) is 5.41 Å². The predicted octanol–water partition coefficient (Wildman–Crippen LogP) is 1.12. The third-order valence-corrected chi connectivity index (χ3v) is 17.0. The lowest BCUT2D eigenvalue weighted by atomic mass is 9.33. The highest BCUT2D eigenvalue weighted by Crippen LogP contribution is 2.75. The Morgan fingerprint density at radius 3 is 1.93 bits per heavy atom. The fraction of sp³-hybridized carbons (Fsp3) is 0.952. The largest absolute Gasteiger partial charge is 0.396 e. The van der Waals surface area contributed by atoms with E-state index in [1.165, 1.54) is 0 Å². The highest BCUT2D eigenvalue weighted by atomic mass is 16.8. The molecule has 0 aromatic rings. The first-order valence-electron chi connectivity index (χ1n) is 21.1. The molecule has 0 bridgehead atoms. The SMILES string of the molecule is C/C(=C\CCC1(CO)CCC2(C)C(CCC3C4(C)CCC(OC5OC(CO)C(O)C(O)C5OC5OC(CO)C(O)C(O)C5O)C(C)(C)C4CCC32C)C1O)CO. The van der Waals surface area contributed by atoms with Crippen molar-refractivity contribution in [3.63, 3.8) is 0 Å². The van der Waals surface area contributed by atoms with E-state index < -0.39 is 97.7 Å². The molecule has 6 fully saturated rings. The molecule has 6 rings (SSSR count). The predicted molar refractivity (Wildman–Crippen MR) is 202 cm³/mol. The Bertz CT molecular complexity index is 1380. The van der Waals surface area contributed by atoms with Gasteiger partial charge in [0.05, 0.1) is 38.6 Å². The van der Waals surface area contributed by atoms with Crippen LogP contribution in [0.2, 0.25) is 0 Å². The van der Waals surface area contributed by atoms with Crippen LogP contribution in [0, 0.1) is 44.8 Å². The Hall–Kier alpha value is -0.820. The highest BCUT2D eigenvalue weighted by Gasteiger charge is 2.70. The average Bonchev–Trinajstić information content (AvgIpc) is 3.16. The molecule has 56 heavy (non-hydrogen) atoms. The van der Waals surface area contributed by atoms with Crippen molar-refractivity contribution < 1.29 is 70.0 Å². The fourth-order valence-corrected chi connectivity index (χ4v) is 13.3. The zero-order chi connectivity index (χ0) is 41.2. The van der Waals surface area contributed by atoms with Crippen LogP contribution >= 0.6 is 0 Å². The summed E-state index contributed by atoms with van der Waals surface area (Å²) >= 11 is 0. The molecule has 324 valence electrons. The molecule has 14 heteroatoms. The van der Waals surface area contributed by atoms with Gasteiger partial charge in [-0.3, -0.25) is 0 Å². The molecule has 10 N–H and O–H groups in total. The molecule has 4 saturated carbocycles. The fourth-order valence-electron chi connectivity index (χ4n) is 13.3. The zero-order valence-corrected chi connectivity index (χ0v) is 34.2. The Labute approximate surface area is 331 Å². The van der Waals surface area contributed by atoms with E-state index in [0.717, 1.165) is 50.5 Å². The summed E-state index contributed by atoms with van der Waals surface area (Å²) in [6, 6.07) is 0. The van der Waals surface area contributed by atoms with Gasteiger partial charge in [0.1, 0.15) is 48.8 Å². The first kappa shape index (κ1) is 44.7. The van der Waals surface area contributed by atoms with Crippen LogP contribution in [0.15, 0.2) is 11.6 Å². The number of hydrogen-bond acceptors (Lipinski definition) is 14. The second kappa shape index (κ2) is 16.6. The van der Waals surface area contributed by atoms with E-state index in [-0.39, 0.29) is 41.3 Å². The lowest BCUT2D eigenvalue weighted by Gasteiger charge is -2.72. The number of aliphatic hydroxyl groups excluding tert-OH is 10. The standard InChI is InChI=1S/C42H72O14/c1-22(18-43)8-7-13-42(21-46)17-16-40(5)23(35(42)52)9-10-27-39(4)14-12-28(38(2,3)26(39)11-15-41(27,40)6)55-37-34(32(50)30(48)25(20-45)54-37)56-36-33(51)31(49)29(47)24(19-44)53-36/h8,23-37,43-52H,7,9-21H2,1-6H3/b22-8+. The smallest absolute Gasteiger partial charge is 0.187 e. The lowest BCUT2D eigenvalue weighted by Crippen LogP contribution is -2.68. The van der Waals surface area contributed by atoms with Crippen LogP contribution in [0.5, 0.6) is 0 Å². The summed E-state index contributed by atoms with van der Waals surface area (Å²) < 4.78 is 24.4. The molecule has 6 aliphatic rings. The van der Waals surface area contributed by atoms with E-state index in [0.29, 0.717) is 25.2 Å². The summed E-state index contributed by atoms with van der Waals surface area (Å²) in [6.07, 6.45) is -5.77. The molecule has 19 atom stereocenters. The molecule has 0 radical (unpaired) electrons. The number of rotatable bonds is 11. The third kappa shape index (κ3) is 7.16. The van der Waals surface area contributed by atoms with E-state index in [1.54, 1.807) is 0 Å². The van der Waals surface area contributed by atoms with Crippen molar-refractivity contribution >= 4 is 0 Å². The number of fused-ring (bicyclic) bond motifs is 5. The Balaban J connectivity index is 1.21. The van der Waals surface area contributed by atoms with E-state index in [4.69, 9.17) is 18.9 Å². The second-order valence-corrected chi connectivity index (χ2v) is 19.9. The van der Waals surface area contributed by atoms with E-state index in [9.17, 15) is 51.1 Å². The van der Waals surface area contributed by atoms with Gasteiger partial charge in [-0.15, -0.1) is 0 Å². The lowest BCUT2D eigenvalue weighted by molar-refractivity contribution is -0.378. The molecule has 14 nitrogen and oxygen atoms in total. The van der Waals surface area contributed by atoms with Crippen molar-refractivity contribution in [3.8, 4) is 0 Å². The van der Waals surface area contributed by atoms with Crippen molar-refractivity contribution in [1.29, 1.82) is 0 Å².